The molecule has 0 atom stereocenters. The van der Waals surface area contributed by atoms with E-state index in [1.54, 1.807) is 47.5 Å². The molecule has 0 N–H and O–H groups in total. The SMILES string of the molecule is c1ccc2sccc2c1.c1ccsc1.c1cnccn1. The van der Waals surface area contributed by atoms with E-state index in [1.807, 2.05) is 22.9 Å². The summed E-state index contributed by atoms with van der Waals surface area (Å²) in [5.41, 5.74) is 0. The van der Waals surface area contributed by atoms with Crippen molar-refractivity contribution in [2.45, 2.75) is 0 Å². The number of nitrogens with zero attached hydrogens (tertiary/aromatic N) is 2. The van der Waals surface area contributed by atoms with Gasteiger partial charge >= 0.3 is 0 Å². The van der Waals surface area contributed by atoms with Crippen molar-refractivity contribution in [3.63, 3.8) is 0 Å². The third-order valence-electron chi connectivity index (χ3n) is 2.26. The molecule has 0 bridgehead atoms. The maximum atomic E-state index is 3.72. The van der Waals surface area contributed by atoms with Gasteiger partial charge in [-0.05, 0) is 33.7 Å². The van der Waals surface area contributed by atoms with E-state index in [2.05, 4.69) is 45.7 Å². The molecule has 3 heterocycles. The van der Waals surface area contributed by atoms with Gasteiger partial charge < -0.3 is 0 Å². The van der Waals surface area contributed by atoms with E-state index in [0.29, 0.717) is 0 Å². The average Bonchev–Trinajstić information content (AvgIpc) is 3.24. The highest BCUT2D eigenvalue weighted by Crippen LogP contribution is 2.18. The Hall–Kier alpha value is -2.04. The van der Waals surface area contributed by atoms with Gasteiger partial charge in [-0.15, -0.1) is 11.3 Å². The van der Waals surface area contributed by atoms with Crippen molar-refractivity contribution >= 4 is 32.8 Å². The molecule has 0 fully saturated rings. The Kier molecular flexibility index (Phi) is 6.44. The van der Waals surface area contributed by atoms with Gasteiger partial charge in [-0.3, -0.25) is 9.97 Å². The predicted molar refractivity (Wildman–Crippen MR) is 88.2 cm³/mol. The van der Waals surface area contributed by atoms with Crippen LogP contribution in [0.2, 0.25) is 0 Å². The molecule has 4 aromatic rings. The van der Waals surface area contributed by atoms with Crippen molar-refractivity contribution in [1.82, 2.24) is 9.97 Å². The van der Waals surface area contributed by atoms with Crippen LogP contribution in [-0.2, 0) is 0 Å². The first-order valence-corrected chi connectivity index (χ1v) is 7.88. The first kappa shape index (κ1) is 14.4. The van der Waals surface area contributed by atoms with Crippen LogP contribution in [0.3, 0.4) is 0 Å². The second-order valence-corrected chi connectivity index (χ2v) is 5.41. The van der Waals surface area contributed by atoms with Crippen molar-refractivity contribution in [3.05, 3.63) is 83.4 Å². The Balaban J connectivity index is 0.000000117. The van der Waals surface area contributed by atoms with Crippen molar-refractivity contribution in [2.75, 3.05) is 0 Å². The number of hydrogen-bond acceptors (Lipinski definition) is 4. The van der Waals surface area contributed by atoms with Crippen LogP contribution < -0.4 is 0 Å². The molecular formula is C16H14N2S2. The summed E-state index contributed by atoms with van der Waals surface area (Å²) >= 11 is 3.50. The Bertz CT molecular complexity index is 602. The molecular weight excluding hydrogens is 284 g/mol. The van der Waals surface area contributed by atoms with Crippen molar-refractivity contribution in [3.8, 4) is 0 Å². The van der Waals surface area contributed by atoms with Gasteiger partial charge in [0, 0.05) is 29.5 Å². The van der Waals surface area contributed by atoms with Gasteiger partial charge in [0.15, 0.2) is 0 Å². The van der Waals surface area contributed by atoms with E-state index in [1.165, 1.54) is 10.1 Å². The first-order chi connectivity index (χ1) is 9.97. The zero-order valence-electron chi connectivity index (χ0n) is 10.8. The Labute approximate surface area is 126 Å². The lowest BCUT2D eigenvalue weighted by molar-refractivity contribution is 1.20. The van der Waals surface area contributed by atoms with E-state index >= 15 is 0 Å². The fourth-order valence-electron chi connectivity index (χ4n) is 1.39. The van der Waals surface area contributed by atoms with E-state index in [4.69, 9.17) is 0 Å². The van der Waals surface area contributed by atoms with Crippen LogP contribution >= 0.6 is 22.7 Å². The van der Waals surface area contributed by atoms with E-state index in [9.17, 15) is 0 Å². The van der Waals surface area contributed by atoms with Crippen LogP contribution in [0.15, 0.2) is 83.4 Å². The quantitative estimate of drug-likeness (QED) is 0.450. The molecule has 4 heteroatoms. The molecule has 4 rings (SSSR count). The number of fused-ring (bicyclic) bond motifs is 1. The maximum absolute atomic E-state index is 3.72. The smallest absolute Gasteiger partial charge is 0.0451 e. The Morgan fingerprint density at radius 1 is 0.650 bits per heavy atom. The monoisotopic (exact) mass is 298 g/mol. The van der Waals surface area contributed by atoms with Crippen molar-refractivity contribution in [1.29, 1.82) is 0 Å². The number of aromatic nitrogens is 2. The topological polar surface area (TPSA) is 25.8 Å². The molecule has 2 nitrogen and oxygen atoms in total. The summed E-state index contributed by atoms with van der Waals surface area (Å²) in [4.78, 5) is 7.44. The number of rotatable bonds is 0. The highest BCUT2D eigenvalue weighted by Gasteiger charge is 1.87. The summed E-state index contributed by atoms with van der Waals surface area (Å²) in [5, 5.41) is 7.55. The van der Waals surface area contributed by atoms with Crippen LogP contribution in [0.1, 0.15) is 0 Å². The lowest BCUT2D eigenvalue weighted by atomic mass is 10.3. The lowest BCUT2D eigenvalue weighted by Gasteiger charge is -1.82. The first-order valence-electron chi connectivity index (χ1n) is 6.06. The normalized spacial score (nSPS) is 9.00. The summed E-state index contributed by atoms with van der Waals surface area (Å²) in [6.45, 7) is 0. The van der Waals surface area contributed by atoms with Crippen LogP contribution in [0, 0.1) is 0 Å². The molecule has 0 saturated carbocycles. The molecule has 100 valence electrons. The summed E-state index contributed by atoms with van der Waals surface area (Å²) in [6, 6.07) is 14.6. The lowest BCUT2D eigenvalue weighted by Crippen LogP contribution is -1.66. The Morgan fingerprint density at radius 3 is 1.80 bits per heavy atom. The highest BCUT2D eigenvalue weighted by atomic mass is 32.1. The van der Waals surface area contributed by atoms with Crippen molar-refractivity contribution in [2.24, 2.45) is 0 Å². The highest BCUT2D eigenvalue weighted by molar-refractivity contribution is 7.17. The van der Waals surface area contributed by atoms with E-state index in [-0.39, 0.29) is 0 Å². The number of thiophene rings is 2. The van der Waals surface area contributed by atoms with E-state index in [0.717, 1.165) is 0 Å². The van der Waals surface area contributed by atoms with Gasteiger partial charge in [-0.2, -0.15) is 11.3 Å². The van der Waals surface area contributed by atoms with Crippen molar-refractivity contribution < 1.29 is 0 Å². The minimum Gasteiger partial charge on any atom is -0.262 e. The van der Waals surface area contributed by atoms with Gasteiger partial charge in [0.1, 0.15) is 0 Å². The maximum Gasteiger partial charge on any atom is 0.0451 e. The number of benzene rings is 1. The zero-order chi connectivity index (χ0) is 13.9. The van der Waals surface area contributed by atoms with Gasteiger partial charge in [0.05, 0.1) is 0 Å². The molecule has 20 heavy (non-hydrogen) atoms. The molecule has 0 aliphatic carbocycles. The van der Waals surface area contributed by atoms with Gasteiger partial charge in [-0.25, -0.2) is 0 Å². The minimum atomic E-state index is 1.35. The molecule has 0 aliphatic rings. The molecule has 0 saturated heterocycles. The van der Waals surface area contributed by atoms with Gasteiger partial charge in [-0.1, -0.05) is 30.3 Å². The molecule has 0 amide bonds. The molecule has 0 unspecified atom stereocenters. The second kappa shape index (κ2) is 8.96. The largest absolute Gasteiger partial charge is 0.262 e. The summed E-state index contributed by atoms with van der Waals surface area (Å²) in [7, 11) is 0. The van der Waals surface area contributed by atoms with Gasteiger partial charge in [0.25, 0.3) is 0 Å². The third kappa shape index (κ3) is 5.30. The molecule has 3 aromatic heterocycles. The second-order valence-electron chi connectivity index (χ2n) is 3.65. The summed E-state index contributed by atoms with van der Waals surface area (Å²) < 4.78 is 1.37. The van der Waals surface area contributed by atoms with Gasteiger partial charge in [0.2, 0.25) is 0 Å². The van der Waals surface area contributed by atoms with E-state index < -0.39 is 0 Å². The molecule has 0 radical (unpaired) electrons. The Morgan fingerprint density at radius 2 is 1.30 bits per heavy atom. The van der Waals surface area contributed by atoms with Crippen LogP contribution in [0.4, 0.5) is 0 Å². The minimum absolute atomic E-state index is 1.35. The average molecular weight is 298 g/mol. The summed E-state index contributed by atoms with van der Waals surface area (Å²) in [5.74, 6) is 0. The predicted octanol–water partition coefficient (Wildman–Crippen LogP) is 5.13. The van der Waals surface area contributed by atoms with Crippen LogP contribution in [0.5, 0.6) is 0 Å². The third-order valence-corrected chi connectivity index (χ3v) is 3.79. The summed E-state index contributed by atoms with van der Waals surface area (Å²) in [6.07, 6.45) is 6.56. The fourth-order valence-corrected chi connectivity index (χ4v) is 2.63. The molecule has 0 aliphatic heterocycles. The molecule has 0 spiro atoms. The fraction of sp³-hybridized carbons (Fsp3) is 0. The number of hydrogen-bond donors (Lipinski definition) is 0. The standard InChI is InChI=1S/C8H6S.C4H4N2.C4H4S/c1-2-4-8-7(3-1)5-6-9-8;1-2-6-4-3-5-1;1-2-4-5-3-1/h1-6H;1-4H;1-4H. The molecule has 1 aromatic carbocycles. The zero-order valence-corrected chi connectivity index (χ0v) is 12.4. The van der Waals surface area contributed by atoms with Crippen LogP contribution in [0.25, 0.3) is 10.1 Å². The van der Waals surface area contributed by atoms with Crippen LogP contribution in [-0.4, -0.2) is 9.97 Å².